The second kappa shape index (κ2) is 9.89. The van der Waals surface area contributed by atoms with Crippen LogP contribution in [0.5, 0.6) is 23.0 Å². The van der Waals surface area contributed by atoms with E-state index in [0.717, 1.165) is 22.9 Å². The number of ether oxygens (including phenoxy) is 4. The summed E-state index contributed by atoms with van der Waals surface area (Å²) in [5.41, 5.74) is 2.92. The number of esters is 1. The van der Waals surface area contributed by atoms with E-state index in [9.17, 15) is 9.59 Å². The average Bonchev–Trinajstić information content (AvgIpc) is 3.23. The fraction of sp³-hybridized carbons (Fsp3) is 0.241. The van der Waals surface area contributed by atoms with Gasteiger partial charge in [-0.3, -0.25) is 14.2 Å². The van der Waals surface area contributed by atoms with Gasteiger partial charge in [-0.15, -0.1) is 0 Å². The van der Waals surface area contributed by atoms with E-state index in [1.54, 1.807) is 48.1 Å². The number of methoxy groups -OCH3 is 1. The highest BCUT2D eigenvalue weighted by molar-refractivity contribution is 6.04. The normalized spacial score (nSPS) is 14.6. The number of nitrogens with zero attached hydrogens (tertiary/aromatic N) is 2. The number of fused-ring (bicyclic) bond motifs is 2. The molecule has 0 saturated heterocycles. The van der Waals surface area contributed by atoms with Gasteiger partial charge in [-0.25, -0.2) is 0 Å². The molecule has 37 heavy (non-hydrogen) atoms. The predicted molar refractivity (Wildman–Crippen MR) is 140 cm³/mol. The zero-order chi connectivity index (χ0) is 26.1. The zero-order valence-electron chi connectivity index (χ0n) is 21.2. The Balaban J connectivity index is 1.28. The first-order chi connectivity index (χ1) is 17.8. The van der Waals surface area contributed by atoms with Crippen LogP contribution in [0.4, 0.5) is 5.69 Å². The topological polar surface area (TPSA) is 79.2 Å². The summed E-state index contributed by atoms with van der Waals surface area (Å²) in [7, 11) is 3.65. The Bertz CT molecular complexity index is 1470. The number of likely N-dealkylation sites (N-methyl/N-ethyl adjacent to an activating group) is 1. The summed E-state index contributed by atoms with van der Waals surface area (Å²) in [4.78, 5) is 27.0. The summed E-state index contributed by atoms with van der Waals surface area (Å²) >= 11 is 0. The van der Waals surface area contributed by atoms with E-state index < -0.39 is 5.97 Å². The highest BCUT2D eigenvalue weighted by Gasteiger charge is 2.25. The van der Waals surface area contributed by atoms with Crippen molar-refractivity contribution in [2.45, 2.75) is 20.0 Å². The molecule has 2 heterocycles. The Morgan fingerprint density at radius 2 is 1.78 bits per heavy atom. The van der Waals surface area contributed by atoms with E-state index in [4.69, 9.17) is 18.9 Å². The summed E-state index contributed by atoms with van der Waals surface area (Å²) in [5.74, 6) is 2.06. The molecule has 0 amide bonds. The lowest BCUT2D eigenvalue weighted by molar-refractivity contribution is -0.131. The van der Waals surface area contributed by atoms with Gasteiger partial charge >= 0.3 is 5.97 Å². The second-order valence-corrected chi connectivity index (χ2v) is 9.00. The minimum atomic E-state index is -0.408. The van der Waals surface area contributed by atoms with Gasteiger partial charge in [0.1, 0.15) is 35.7 Å². The van der Waals surface area contributed by atoms with Crippen LogP contribution >= 0.6 is 0 Å². The molecule has 5 rings (SSSR count). The number of aryl methyl sites for hydroxylation is 1. The maximum atomic E-state index is 13.4. The minimum absolute atomic E-state index is 0.146. The molecule has 0 N–H and O–H groups in total. The lowest BCUT2D eigenvalue weighted by Crippen LogP contribution is -2.41. The van der Waals surface area contributed by atoms with Crippen LogP contribution in [0, 0.1) is 6.92 Å². The second-order valence-electron chi connectivity index (χ2n) is 9.00. The minimum Gasteiger partial charge on any atom is -0.497 e. The average molecular weight is 501 g/mol. The number of carbonyl (C=O) groups excluding carboxylic acids is 2. The van der Waals surface area contributed by atoms with Crippen LogP contribution in [-0.4, -0.2) is 49.9 Å². The molecule has 1 aliphatic rings. The van der Waals surface area contributed by atoms with Crippen LogP contribution in [-0.2, 0) is 4.79 Å². The smallest absolute Gasteiger partial charge is 0.308 e. The number of anilines is 1. The predicted octanol–water partition coefficient (Wildman–Crippen LogP) is 4.85. The summed E-state index contributed by atoms with van der Waals surface area (Å²) in [5, 5.41) is 0.709. The molecule has 1 aliphatic heterocycles. The maximum absolute atomic E-state index is 13.4. The zero-order valence-corrected chi connectivity index (χ0v) is 21.2. The van der Waals surface area contributed by atoms with Crippen molar-refractivity contribution < 1.29 is 28.5 Å². The van der Waals surface area contributed by atoms with E-state index in [1.807, 2.05) is 44.3 Å². The van der Waals surface area contributed by atoms with E-state index in [-0.39, 0.29) is 12.0 Å². The van der Waals surface area contributed by atoms with Gasteiger partial charge in [0.05, 0.1) is 24.9 Å². The number of benzene rings is 3. The van der Waals surface area contributed by atoms with Crippen LogP contribution < -0.4 is 23.8 Å². The van der Waals surface area contributed by atoms with Crippen LogP contribution in [0.2, 0.25) is 0 Å². The maximum Gasteiger partial charge on any atom is 0.308 e. The Labute approximate surface area is 214 Å². The largest absolute Gasteiger partial charge is 0.497 e. The first-order valence-corrected chi connectivity index (χ1v) is 12.0. The molecule has 8 heteroatoms. The van der Waals surface area contributed by atoms with Crippen LogP contribution in [0.15, 0.2) is 66.7 Å². The molecule has 0 bridgehead atoms. The molecule has 0 saturated carbocycles. The summed E-state index contributed by atoms with van der Waals surface area (Å²) < 4.78 is 24.3. The molecule has 3 aromatic carbocycles. The van der Waals surface area contributed by atoms with Gasteiger partial charge in [-0.1, -0.05) is 6.07 Å². The van der Waals surface area contributed by atoms with Crippen molar-refractivity contribution in [1.29, 1.82) is 0 Å². The quantitative estimate of drug-likeness (QED) is 0.277. The Kier molecular flexibility index (Phi) is 6.48. The SMILES string of the molecule is COc1ccc2c(c1)N(C)C[C@@H](COc1ccc(C(=O)n3c(C)cc4c(OC(C)=O)cccc43)cc1)O2. The molecule has 190 valence electrons. The van der Waals surface area contributed by atoms with Crippen molar-refractivity contribution in [2.75, 3.05) is 32.2 Å². The molecule has 0 radical (unpaired) electrons. The van der Waals surface area contributed by atoms with Crippen molar-refractivity contribution >= 4 is 28.5 Å². The van der Waals surface area contributed by atoms with Crippen LogP contribution in [0.3, 0.4) is 0 Å². The molecule has 0 aliphatic carbocycles. The van der Waals surface area contributed by atoms with Crippen molar-refractivity contribution in [1.82, 2.24) is 4.57 Å². The number of aromatic nitrogens is 1. The highest BCUT2D eigenvalue weighted by Crippen LogP contribution is 2.36. The third kappa shape index (κ3) is 4.82. The van der Waals surface area contributed by atoms with Crippen LogP contribution in [0.1, 0.15) is 23.0 Å². The molecule has 1 atom stereocenters. The first kappa shape index (κ1) is 24.2. The molecule has 1 aromatic heterocycles. The highest BCUT2D eigenvalue weighted by atomic mass is 16.5. The van der Waals surface area contributed by atoms with E-state index >= 15 is 0 Å². The summed E-state index contributed by atoms with van der Waals surface area (Å²) in [6.45, 7) is 4.24. The van der Waals surface area contributed by atoms with Gasteiger partial charge in [0.25, 0.3) is 5.91 Å². The number of hydrogen-bond donors (Lipinski definition) is 0. The fourth-order valence-corrected chi connectivity index (χ4v) is 4.59. The van der Waals surface area contributed by atoms with Gasteiger partial charge in [-0.2, -0.15) is 0 Å². The van der Waals surface area contributed by atoms with Crippen molar-refractivity contribution in [3.63, 3.8) is 0 Å². The van der Waals surface area contributed by atoms with Crippen molar-refractivity contribution in [3.8, 4) is 23.0 Å². The third-order valence-electron chi connectivity index (χ3n) is 6.33. The third-order valence-corrected chi connectivity index (χ3v) is 6.33. The van der Waals surface area contributed by atoms with Gasteiger partial charge < -0.3 is 23.8 Å². The Morgan fingerprint density at radius 1 is 1.03 bits per heavy atom. The van der Waals surface area contributed by atoms with E-state index in [1.165, 1.54) is 6.92 Å². The summed E-state index contributed by atoms with van der Waals surface area (Å²) in [6.07, 6.45) is -0.146. The molecule has 0 fully saturated rings. The van der Waals surface area contributed by atoms with Gasteiger partial charge in [0.2, 0.25) is 0 Å². The van der Waals surface area contributed by atoms with Gasteiger partial charge in [0, 0.05) is 36.7 Å². The van der Waals surface area contributed by atoms with Gasteiger partial charge in [0.15, 0.2) is 0 Å². The number of rotatable bonds is 6. The molecular formula is C29H28N2O6. The molecule has 0 unspecified atom stereocenters. The lowest BCUT2D eigenvalue weighted by Gasteiger charge is -2.33. The monoisotopic (exact) mass is 500 g/mol. The van der Waals surface area contributed by atoms with E-state index in [0.29, 0.717) is 41.1 Å². The Morgan fingerprint density at radius 3 is 2.51 bits per heavy atom. The van der Waals surface area contributed by atoms with Crippen molar-refractivity contribution in [3.05, 3.63) is 78.0 Å². The van der Waals surface area contributed by atoms with E-state index in [2.05, 4.69) is 4.90 Å². The Hall–Kier alpha value is -4.46. The standard InChI is InChI=1S/C29H28N2O6/c1-18-14-24-25(6-5-7-27(24)36-19(2)32)31(18)29(33)20-8-10-21(11-9-20)35-17-23-16-30(3)26-15-22(34-4)12-13-28(26)37-23/h5-15,23H,16-17H2,1-4H3/t23-/m0/s1. The van der Waals surface area contributed by atoms with Gasteiger partial charge in [-0.05, 0) is 61.5 Å². The number of hydrogen-bond acceptors (Lipinski definition) is 7. The number of carbonyl (C=O) groups is 2. The molecule has 4 aromatic rings. The summed E-state index contributed by atoms with van der Waals surface area (Å²) in [6, 6.07) is 19.9. The first-order valence-electron chi connectivity index (χ1n) is 12.0. The molecule has 0 spiro atoms. The molecular weight excluding hydrogens is 472 g/mol. The van der Waals surface area contributed by atoms with Crippen LogP contribution in [0.25, 0.3) is 10.9 Å². The lowest BCUT2D eigenvalue weighted by atomic mass is 10.2. The van der Waals surface area contributed by atoms with Crippen molar-refractivity contribution in [2.24, 2.45) is 0 Å². The fourth-order valence-electron chi connectivity index (χ4n) is 4.59. The molecule has 8 nitrogen and oxygen atoms in total.